The smallest absolute Gasteiger partial charge is 0.0460 e. The summed E-state index contributed by atoms with van der Waals surface area (Å²) in [6, 6.07) is 11.8. The number of aliphatic hydroxyl groups is 1. The zero-order valence-electron chi connectivity index (χ0n) is 14.4. The molecule has 1 N–H and O–H groups in total. The van der Waals surface area contributed by atoms with Crippen molar-refractivity contribution in [3.05, 3.63) is 35.2 Å². The monoisotopic (exact) mass is 344 g/mol. The van der Waals surface area contributed by atoms with Crippen LogP contribution in [0, 0.1) is 5.92 Å². The molecular weight excluding hydrogens is 316 g/mol. The largest absolute Gasteiger partial charge is 0.396 e. The first-order chi connectivity index (χ1) is 11.8. The number of nitrogens with zero attached hydrogens (tertiary/aromatic N) is 2. The molecular formula is C20H28N2OS. The minimum absolute atomic E-state index is 0.372. The molecule has 1 aromatic heterocycles. The molecule has 2 aliphatic rings. The van der Waals surface area contributed by atoms with E-state index in [2.05, 4.69) is 40.1 Å². The molecule has 0 radical (unpaired) electrons. The minimum atomic E-state index is 0.372. The lowest BCUT2D eigenvalue weighted by molar-refractivity contribution is 0.0547. The third-order valence-corrected chi connectivity index (χ3v) is 6.86. The average Bonchev–Trinajstić information content (AvgIpc) is 3.04. The summed E-state index contributed by atoms with van der Waals surface area (Å²) in [5, 5.41) is 10.7. The maximum Gasteiger partial charge on any atom is 0.0460 e. The van der Waals surface area contributed by atoms with Gasteiger partial charge in [0.1, 0.15) is 0 Å². The highest BCUT2D eigenvalue weighted by Gasteiger charge is 2.28. The quantitative estimate of drug-likeness (QED) is 0.918. The second kappa shape index (κ2) is 7.52. The summed E-state index contributed by atoms with van der Waals surface area (Å²) in [6.07, 6.45) is 4.99. The van der Waals surface area contributed by atoms with Crippen molar-refractivity contribution in [2.75, 3.05) is 32.8 Å². The van der Waals surface area contributed by atoms with E-state index in [1.807, 2.05) is 11.3 Å². The Bertz CT molecular complexity index is 629. The van der Waals surface area contributed by atoms with E-state index < -0.39 is 0 Å². The molecule has 1 unspecified atom stereocenters. The van der Waals surface area contributed by atoms with Gasteiger partial charge in [0, 0.05) is 35.3 Å². The van der Waals surface area contributed by atoms with E-state index in [0.717, 1.165) is 6.54 Å². The third kappa shape index (κ3) is 3.67. The Morgan fingerprint density at radius 2 is 1.92 bits per heavy atom. The second-order valence-corrected chi connectivity index (χ2v) is 8.61. The number of thiophene rings is 1. The maximum atomic E-state index is 9.33. The van der Waals surface area contributed by atoms with Gasteiger partial charge in [-0.15, -0.1) is 11.3 Å². The number of fused-ring (bicyclic) bond motifs is 1. The molecule has 3 heterocycles. The number of hydrogen-bond acceptors (Lipinski definition) is 4. The zero-order valence-corrected chi connectivity index (χ0v) is 15.2. The standard InChI is InChI=1S/C20H28N2OS/c23-15-16-7-10-22(11-8-16)18-5-3-9-21(13-18)14-19-12-17-4-1-2-6-20(17)24-19/h1-2,4,6,12,16,18,23H,3,5,7-11,13-15H2. The van der Waals surface area contributed by atoms with Crippen LogP contribution in [0.2, 0.25) is 0 Å². The lowest BCUT2D eigenvalue weighted by atomic mass is 9.94. The van der Waals surface area contributed by atoms with Gasteiger partial charge in [0.2, 0.25) is 0 Å². The summed E-state index contributed by atoms with van der Waals surface area (Å²) in [7, 11) is 0. The first-order valence-electron chi connectivity index (χ1n) is 9.36. The van der Waals surface area contributed by atoms with E-state index in [-0.39, 0.29) is 0 Å². The second-order valence-electron chi connectivity index (χ2n) is 7.44. The number of piperidine rings is 2. The van der Waals surface area contributed by atoms with Crippen molar-refractivity contribution in [2.45, 2.75) is 38.3 Å². The van der Waals surface area contributed by atoms with Crippen LogP contribution in [0.25, 0.3) is 10.1 Å². The number of rotatable bonds is 4. The zero-order chi connectivity index (χ0) is 16.4. The van der Waals surface area contributed by atoms with Gasteiger partial charge in [-0.05, 0) is 68.8 Å². The number of likely N-dealkylation sites (tertiary alicyclic amines) is 2. The van der Waals surface area contributed by atoms with Gasteiger partial charge in [-0.25, -0.2) is 0 Å². The topological polar surface area (TPSA) is 26.7 Å². The highest BCUT2D eigenvalue weighted by atomic mass is 32.1. The van der Waals surface area contributed by atoms with E-state index >= 15 is 0 Å². The molecule has 130 valence electrons. The van der Waals surface area contributed by atoms with Gasteiger partial charge in [-0.3, -0.25) is 9.80 Å². The fraction of sp³-hybridized carbons (Fsp3) is 0.600. The molecule has 24 heavy (non-hydrogen) atoms. The summed E-state index contributed by atoms with van der Waals surface area (Å²) in [5.41, 5.74) is 0. The van der Waals surface area contributed by atoms with Gasteiger partial charge in [-0.1, -0.05) is 18.2 Å². The maximum absolute atomic E-state index is 9.33. The lowest BCUT2D eigenvalue weighted by Crippen LogP contribution is -2.50. The molecule has 2 aromatic rings. The predicted molar refractivity (Wildman–Crippen MR) is 102 cm³/mol. The van der Waals surface area contributed by atoms with Crippen LogP contribution in [0.3, 0.4) is 0 Å². The van der Waals surface area contributed by atoms with Crippen molar-refractivity contribution >= 4 is 21.4 Å². The fourth-order valence-electron chi connectivity index (χ4n) is 4.31. The van der Waals surface area contributed by atoms with Crippen LogP contribution >= 0.6 is 11.3 Å². The normalized spacial score (nSPS) is 24.6. The molecule has 0 saturated carbocycles. The Morgan fingerprint density at radius 3 is 2.71 bits per heavy atom. The van der Waals surface area contributed by atoms with E-state index in [1.54, 1.807) is 0 Å². The third-order valence-electron chi connectivity index (χ3n) is 5.76. The minimum Gasteiger partial charge on any atom is -0.396 e. The lowest BCUT2D eigenvalue weighted by Gasteiger charge is -2.42. The molecule has 4 rings (SSSR count). The SMILES string of the molecule is OCC1CCN(C2CCCN(Cc3cc4ccccc4s3)C2)CC1. The van der Waals surface area contributed by atoms with Gasteiger partial charge in [0.05, 0.1) is 0 Å². The van der Waals surface area contributed by atoms with Gasteiger partial charge < -0.3 is 5.11 Å². The van der Waals surface area contributed by atoms with E-state index in [9.17, 15) is 5.11 Å². The molecule has 2 fully saturated rings. The molecule has 3 nitrogen and oxygen atoms in total. The highest BCUT2D eigenvalue weighted by molar-refractivity contribution is 7.19. The molecule has 0 aliphatic carbocycles. The van der Waals surface area contributed by atoms with E-state index in [0.29, 0.717) is 18.6 Å². The Balaban J connectivity index is 1.36. The van der Waals surface area contributed by atoms with E-state index in [4.69, 9.17) is 0 Å². The Hall–Kier alpha value is -0.940. The van der Waals surface area contributed by atoms with E-state index in [1.165, 1.54) is 66.8 Å². The van der Waals surface area contributed by atoms with Gasteiger partial charge in [0.25, 0.3) is 0 Å². The van der Waals surface area contributed by atoms with Crippen molar-refractivity contribution in [2.24, 2.45) is 5.92 Å². The van der Waals surface area contributed by atoms with Crippen LogP contribution in [-0.4, -0.2) is 53.7 Å². The van der Waals surface area contributed by atoms with Crippen molar-refractivity contribution < 1.29 is 5.11 Å². The number of aliphatic hydroxyl groups excluding tert-OH is 1. The van der Waals surface area contributed by atoms with Crippen LogP contribution < -0.4 is 0 Å². The van der Waals surface area contributed by atoms with Gasteiger partial charge in [0.15, 0.2) is 0 Å². The Labute approximate surface area is 148 Å². The average molecular weight is 345 g/mol. The Morgan fingerprint density at radius 1 is 1.08 bits per heavy atom. The molecule has 0 bridgehead atoms. The number of hydrogen-bond donors (Lipinski definition) is 1. The molecule has 0 amide bonds. The van der Waals surface area contributed by atoms with Crippen LogP contribution in [0.4, 0.5) is 0 Å². The van der Waals surface area contributed by atoms with Crippen LogP contribution in [0.15, 0.2) is 30.3 Å². The molecule has 0 spiro atoms. The van der Waals surface area contributed by atoms with Crippen molar-refractivity contribution in [1.82, 2.24) is 9.80 Å². The van der Waals surface area contributed by atoms with Crippen molar-refractivity contribution in [3.63, 3.8) is 0 Å². The van der Waals surface area contributed by atoms with Gasteiger partial charge >= 0.3 is 0 Å². The first kappa shape index (κ1) is 16.5. The summed E-state index contributed by atoms with van der Waals surface area (Å²) in [4.78, 5) is 6.83. The van der Waals surface area contributed by atoms with Gasteiger partial charge in [-0.2, -0.15) is 0 Å². The van der Waals surface area contributed by atoms with Crippen molar-refractivity contribution in [3.8, 4) is 0 Å². The van der Waals surface area contributed by atoms with Crippen LogP contribution in [0.5, 0.6) is 0 Å². The summed E-state index contributed by atoms with van der Waals surface area (Å²) < 4.78 is 1.41. The fourth-order valence-corrected chi connectivity index (χ4v) is 5.42. The molecule has 2 saturated heterocycles. The summed E-state index contributed by atoms with van der Waals surface area (Å²) >= 11 is 1.95. The molecule has 2 aliphatic heterocycles. The first-order valence-corrected chi connectivity index (χ1v) is 10.2. The van der Waals surface area contributed by atoms with Crippen molar-refractivity contribution in [1.29, 1.82) is 0 Å². The molecule has 4 heteroatoms. The van der Waals surface area contributed by atoms with Crippen LogP contribution in [0.1, 0.15) is 30.6 Å². The predicted octanol–water partition coefficient (Wildman–Crippen LogP) is 3.57. The van der Waals surface area contributed by atoms with Crippen LogP contribution in [-0.2, 0) is 6.54 Å². The summed E-state index contributed by atoms with van der Waals surface area (Å²) in [6.45, 7) is 6.26. The Kier molecular flexibility index (Phi) is 5.18. The summed E-state index contributed by atoms with van der Waals surface area (Å²) in [5.74, 6) is 0.541. The number of benzene rings is 1. The molecule has 1 atom stereocenters. The molecule has 1 aromatic carbocycles. The highest BCUT2D eigenvalue weighted by Crippen LogP contribution is 2.28.